The molecule has 0 aliphatic rings. The van der Waals surface area contributed by atoms with Gasteiger partial charge in [0.05, 0.1) is 12.6 Å². The van der Waals surface area contributed by atoms with Gasteiger partial charge in [-0.05, 0) is 12.1 Å². The molecule has 1 aromatic heterocycles. The Morgan fingerprint density at radius 3 is 2.50 bits per heavy atom. The molecular weight excluding hydrogens is 277 g/mol. The van der Waals surface area contributed by atoms with Gasteiger partial charge in [0.1, 0.15) is 11.4 Å². The third-order valence-corrected chi connectivity index (χ3v) is 2.57. The van der Waals surface area contributed by atoms with E-state index >= 15 is 0 Å². The smallest absolute Gasteiger partial charge is 0.433 e. The van der Waals surface area contributed by atoms with Crippen LogP contribution in [0.1, 0.15) is 11.3 Å². The predicted molar refractivity (Wildman–Crippen MR) is 61.6 cm³/mol. The molecule has 0 saturated heterocycles. The number of phenolic OH excluding ortho intramolecular Hbond substituents is 1. The lowest BCUT2D eigenvalue weighted by Crippen LogP contribution is -2.16. The number of carboxylic acids is 1. The molecule has 0 atom stereocenters. The van der Waals surface area contributed by atoms with Crippen LogP contribution in [0.15, 0.2) is 30.5 Å². The molecular formula is C12H9F3N2O3. The maximum Gasteiger partial charge on any atom is 0.433 e. The van der Waals surface area contributed by atoms with Crippen molar-refractivity contribution in [1.82, 2.24) is 9.78 Å². The van der Waals surface area contributed by atoms with Crippen molar-refractivity contribution in [2.45, 2.75) is 12.6 Å². The van der Waals surface area contributed by atoms with E-state index in [4.69, 9.17) is 5.11 Å². The number of aromatic hydroxyl groups is 1. The molecule has 0 aliphatic carbocycles. The zero-order chi connectivity index (χ0) is 14.9. The second-order valence-electron chi connectivity index (χ2n) is 3.99. The standard InChI is InChI=1S/C12H9F3N2O3/c13-12(14,15)11-7(5-10(19)20)6-16-17(11)8-3-1-2-4-9(8)18/h1-4,6,18H,5H2,(H,19,20). The SMILES string of the molecule is O=C(O)Cc1cnn(-c2ccccc2O)c1C(F)(F)F. The Morgan fingerprint density at radius 1 is 1.30 bits per heavy atom. The van der Waals surface area contributed by atoms with Gasteiger partial charge in [-0.15, -0.1) is 0 Å². The normalized spacial score (nSPS) is 11.6. The molecule has 0 aliphatic heterocycles. The van der Waals surface area contributed by atoms with Crippen LogP contribution in [0.4, 0.5) is 13.2 Å². The molecule has 2 aromatic rings. The highest BCUT2D eigenvalue weighted by Crippen LogP contribution is 2.35. The molecule has 20 heavy (non-hydrogen) atoms. The molecule has 1 aromatic carbocycles. The third-order valence-electron chi connectivity index (χ3n) is 2.57. The lowest BCUT2D eigenvalue weighted by molar-refractivity contribution is -0.144. The van der Waals surface area contributed by atoms with Gasteiger partial charge in [0.25, 0.3) is 0 Å². The fraction of sp³-hybridized carbons (Fsp3) is 0.167. The Morgan fingerprint density at radius 2 is 1.95 bits per heavy atom. The molecule has 0 amide bonds. The molecule has 106 valence electrons. The van der Waals surface area contributed by atoms with Gasteiger partial charge in [0.15, 0.2) is 5.69 Å². The third kappa shape index (κ3) is 2.58. The average molecular weight is 286 g/mol. The van der Waals surface area contributed by atoms with Crippen LogP contribution in [0, 0.1) is 0 Å². The van der Waals surface area contributed by atoms with Gasteiger partial charge >= 0.3 is 12.1 Å². The monoisotopic (exact) mass is 286 g/mol. The second kappa shape index (κ2) is 4.87. The zero-order valence-corrected chi connectivity index (χ0v) is 9.92. The lowest BCUT2D eigenvalue weighted by atomic mass is 10.1. The number of hydrogen-bond acceptors (Lipinski definition) is 3. The molecule has 2 rings (SSSR count). The summed E-state index contributed by atoms with van der Waals surface area (Å²) in [5, 5.41) is 21.8. The number of aliphatic carboxylic acids is 1. The molecule has 0 radical (unpaired) electrons. The zero-order valence-electron chi connectivity index (χ0n) is 9.92. The molecule has 0 fully saturated rings. The van der Waals surface area contributed by atoms with Crippen molar-refractivity contribution in [3.05, 3.63) is 41.7 Å². The lowest BCUT2D eigenvalue weighted by Gasteiger charge is -2.13. The van der Waals surface area contributed by atoms with Crippen molar-refractivity contribution in [1.29, 1.82) is 0 Å². The van der Waals surface area contributed by atoms with E-state index in [9.17, 15) is 23.1 Å². The minimum Gasteiger partial charge on any atom is -0.506 e. The van der Waals surface area contributed by atoms with Crippen LogP contribution in [-0.2, 0) is 17.4 Å². The van der Waals surface area contributed by atoms with Gasteiger partial charge in [0.2, 0.25) is 0 Å². The molecule has 0 spiro atoms. The van der Waals surface area contributed by atoms with Gasteiger partial charge < -0.3 is 10.2 Å². The predicted octanol–water partition coefficient (Wildman–Crippen LogP) is 2.22. The summed E-state index contributed by atoms with van der Waals surface area (Å²) in [7, 11) is 0. The van der Waals surface area contributed by atoms with Crippen LogP contribution in [0.3, 0.4) is 0 Å². The number of phenols is 1. The summed E-state index contributed by atoms with van der Waals surface area (Å²) in [6.07, 6.45) is -4.75. The average Bonchev–Trinajstić information content (AvgIpc) is 2.72. The number of alkyl halides is 3. The van der Waals surface area contributed by atoms with Crippen molar-refractivity contribution in [2.24, 2.45) is 0 Å². The number of rotatable bonds is 3. The summed E-state index contributed by atoms with van der Waals surface area (Å²) in [5.74, 6) is -1.78. The molecule has 0 saturated carbocycles. The molecule has 5 nitrogen and oxygen atoms in total. The van der Waals surface area contributed by atoms with E-state index in [2.05, 4.69) is 5.10 Å². The summed E-state index contributed by atoms with van der Waals surface area (Å²) in [5.41, 5.74) is -1.84. The highest BCUT2D eigenvalue weighted by atomic mass is 19.4. The fourth-order valence-corrected chi connectivity index (χ4v) is 1.80. The van der Waals surface area contributed by atoms with E-state index in [-0.39, 0.29) is 11.4 Å². The summed E-state index contributed by atoms with van der Waals surface area (Å²) < 4.78 is 39.7. The van der Waals surface area contributed by atoms with Gasteiger partial charge in [-0.2, -0.15) is 18.3 Å². The first kappa shape index (κ1) is 13.9. The van der Waals surface area contributed by atoms with Crippen LogP contribution in [0.2, 0.25) is 0 Å². The summed E-state index contributed by atoms with van der Waals surface area (Å²) in [4.78, 5) is 10.6. The minimum atomic E-state index is -4.79. The van der Waals surface area contributed by atoms with Crippen LogP contribution in [-0.4, -0.2) is 26.0 Å². The van der Waals surface area contributed by atoms with Crippen LogP contribution < -0.4 is 0 Å². The van der Waals surface area contributed by atoms with Crippen molar-refractivity contribution in [3.63, 3.8) is 0 Å². The molecule has 0 bridgehead atoms. The van der Waals surface area contributed by atoms with E-state index in [0.717, 1.165) is 6.20 Å². The number of nitrogens with zero attached hydrogens (tertiary/aromatic N) is 2. The highest BCUT2D eigenvalue weighted by molar-refractivity contribution is 5.70. The van der Waals surface area contributed by atoms with Gasteiger partial charge in [-0.1, -0.05) is 12.1 Å². The molecule has 1 heterocycles. The van der Waals surface area contributed by atoms with E-state index in [1.54, 1.807) is 0 Å². The number of hydrogen-bond donors (Lipinski definition) is 2. The van der Waals surface area contributed by atoms with E-state index in [0.29, 0.717) is 4.68 Å². The maximum absolute atomic E-state index is 13.1. The first-order valence-electron chi connectivity index (χ1n) is 5.45. The van der Waals surface area contributed by atoms with Gasteiger partial charge in [-0.3, -0.25) is 4.79 Å². The fourth-order valence-electron chi connectivity index (χ4n) is 1.80. The van der Waals surface area contributed by atoms with Crippen LogP contribution in [0.25, 0.3) is 5.69 Å². The summed E-state index contributed by atoms with van der Waals surface area (Å²) in [6.45, 7) is 0. The van der Waals surface area contributed by atoms with Crippen molar-refractivity contribution in [2.75, 3.05) is 0 Å². The largest absolute Gasteiger partial charge is 0.506 e. The topological polar surface area (TPSA) is 75.3 Å². The number of carbonyl (C=O) groups is 1. The number of aromatic nitrogens is 2. The second-order valence-corrected chi connectivity index (χ2v) is 3.99. The van der Waals surface area contributed by atoms with Crippen molar-refractivity contribution >= 4 is 5.97 Å². The minimum absolute atomic E-state index is 0.170. The van der Waals surface area contributed by atoms with E-state index < -0.39 is 29.8 Å². The summed E-state index contributed by atoms with van der Waals surface area (Å²) in [6, 6.07) is 5.36. The molecule has 0 unspecified atom stereocenters. The Balaban J connectivity index is 2.63. The van der Waals surface area contributed by atoms with Gasteiger partial charge in [-0.25, -0.2) is 4.68 Å². The number of benzene rings is 1. The van der Waals surface area contributed by atoms with Crippen molar-refractivity contribution < 1.29 is 28.2 Å². The van der Waals surface area contributed by atoms with Crippen LogP contribution >= 0.6 is 0 Å². The van der Waals surface area contributed by atoms with Crippen molar-refractivity contribution in [3.8, 4) is 11.4 Å². The molecule has 8 heteroatoms. The number of halogens is 3. The molecule has 2 N–H and O–H groups in total. The maximum atomic E-state index is 13.1. The first-order chi connectivity index (χ1) is 9.30. The Labute approximate surface area is 110 Å². The number of carboxylic acid groups (broad SMARTS) is 1. The summed E-state index contributed by atoms with van der Waals surface area (Å²) >= 11 is 0. The first-order valence-corrected chi connectivity index (χ1v) is 5.45. The Bertz CT molecular complexity index is 650. The van der Waals surface area contributed by atoms with Crippen LogP contribution in [0.5, 0.6) is 5.75 Å². The Hall–Kier alpha value is -2.51. The van der Waals surface area contributed by atoms with E-state index in [1.165, 1.54) is 24.3 Å². The number of para-hydroxylation sites is 2. The van der Waals surface area contributed by atoms with Gasteiger partial charge in [0, 0.05) is 5.56 Å². The Kier molecular flexibility index (Phi) is 3.39. The quantitative estimate of drug-likeness (QED) is 0.907. The van der Waals surface area contributed by atoms with E-state index in [1.807, 2.05) is 0 Å². The highest BCUT2D eigenvalue weighted by Gasteiger charge is 2.39.